The van der Waals surface area contributed by atoms with Gasteiger partial charge in [0.25, 0.3) is 0 Å². The molecular weight excluding hydrogens is 210 g/mol. The van der Waals surface area contributed by atoms with E-state index in [2.05, 4.69) is 17.1 Å². The lowest BCUT2D eigenvalue weighted by Gasteiger charge is -2.33. The highest BCUT2D eigenvalue weighted by atomic mass is 19.2. The molecule has 88 valence electrons. The van der Waals surface area contributed by atoms with Gasteiger partial charge in [0.05, 0.1) is 0 Å². The predicted octanol–water partition coefficient (Wildman–Crippen LogP) is 1.76. The van der Waals surface area contributed by atoms with E-state index in [9.17, 15) is 8.78 Å². The molecule has 0 radical (unpaired) electrons. The van der Waals surface area contributed by atoms with Gasteiger partial charge in [0, 0.05) is 37.8 Å². The average Bonchev–Trinajstić information content (AvgIpc) is 2.28. The van der Waals surface area contributed by atoms with Crippen LogP contribution in [0.25, 0.3) is 0 Å². The topological polar surface area (TPSA) is 15.3 Å². The van der Waals surface area contributed by atoms with E-state index < -0.39 is 11.6 Å². The van der Waals surface area contributed by atoms with Crippen LogP contribution in [0, 0.1) is 11.6 Å². The van der Waals surface area contributed by atoms with Gasteiger partial charge in [-0.25, -0.2) is 8.78 Å². The number of nitrogens with zero attached hydrogens (tertiary/aromatic N) is 1. The second-order valence-corrected chi connectivity index (χ2v) is 4.24. The molecule has 0 aromatic heterocycles. The van der Waals surface area contributed by atoms with E-state index in [1.54, 1.807) is 12.1 Å². The summed E-state index contributed by atoms with van der Waals surface area (Å²) in [4.78, 5) is 2.16. The van der Waals surface area contributed by atoms with Crippen LogP contribution in [-0.4, -0.2) is 30.6 Å². The second kappa shape index (κ2) is 4.89. The summed E-state index contributed by atoms with van der Waals surface area (Å²) in [6.45, 7) is 5.24. The Bertz CT molecular complexity index is 368. The van der Waals surface area contributed by atoms with Gasteiger partial charge in [-0.1, -0.05) is 12.1 Å². The number of nitrogens with one attached hydrogen (secondary N) is 1. The van der Waals surface area contributed by atoms with Gasteiger partial charge in [0.2, 0.25) is 0 Å². The first-order chi connectivity index (χ1) is 7.68. The number of piperazine rings is 1. The molecule has 0 spiro atoms. The van der Waals surface area contributed by atoms with Gasteiger partial charge in [-0.3, -0.25) is 4.90 Å². The minimum atomic E-state index is -0.764. The fraction of sp³-hybridized carbons (Fsp3) is 0.500. The molecule has 1 aromatic rings. The number of benzene rings is 1. The van der Waals surface area contributed by atoms with Gasteiger partial charge in [-0.05, 0) is 13.0 Å². The van der Waals surface area contributed by atoms with Crippen LogP contribution in [0.4, 0.5) is 8.78 Å². The lowest BCUT2D eigenvalue weighted by atomic mass is 10.1. The Morgan fingerprint density at radius 3 is 3.00 bits per heavy atom. The van der Waals surface area contributed by atoms with Crippen LogP contribution in [0.5, 0.6) is 0 Å². The molecule has 1 atom stereocenters. The minimum absolute atomic E-state index is 0.358. The number of hydrogen-bond donors (Lipinski definition) is 1. The minimum Gasteiger partial charge on any atom is -0.314 e. The van der Waals surface area contributed by atoms with Crippen molar-refractivity contribution in [3.63, 3.8) is 0 Å². The van der Waals surface area contributed by atoms with Crippen LogP contribution in [0.2, 0.25) is 0 Å². The highest BCUT2D eigenvalue weighted by molar-refractivity contribution is 5.19. The third-order valence-corrected chi connectivity index (χ3v) is 3.04. The summed E-state index contributed by atoms with van der Waals surface area (Å²) < 4.78 is 26.5. The van der Waals surface area contributed by atoms with E-state index in [1.165, 1.54) is 0 Å². The fourth-order valence-electron chi connectivity index (χ4n) is 2.01. The zero-order chi connectivity index (χ0) is 11.5. The Balaban J connectivity index is 2.10. The van der Waals surface area contributed by atoms with Crippen LogP contribution in [-0.2, 0) is 6.54 Å². The lowest BCUT2D eigenvalue weighted by Crippen LogP contribution is -2.49. The molecule has 16 heavy (non-hydrogen) atoms. The van der Waals surface area contributed by atoms with Crippen molar-refractivity contribution >= 4 is 0 Å². The molecule has 1 fully saturated rings. The summed E-state index contributed by atoms with van der Waals surface area (Å²) >= 11 is 0. The average molecular weight is 226 g/mol. The first-order valence-corrected chi connectivity index (χ1v) is 5.56. The lowest BCUT2D eigenvalue weighted by molar-refractivity contribution is 0.163. The third kappa shape index (κ3) is 2.39. The van der Waals surface area contributed by atoms with Crippen LogP contribution in [0.1, 0.15) is 12.5 Å². The molecule has 0 saturated carbocycles. The third-order valence-electron chi connectivity index (χ3n) is 3.04. The van der Waals surface area contributed by atoms with Crippen LogP contribution < -0.4 is 5.32 Å². The summed E-state index contributed by atoms with van der Waals surface area (Å²) in [5, 5.41) is 3.27. The van der Waals surface area contributed by atoms with Gasteiger partial charge in [0.1, 0.15) is 0 Å². The number of halogens is 2. The Hall–Kier alpha value is -1.00. The maximum Gasteiger partial charge on any atom is 0.163 e. The van der Waals surface area contributed by atoms with Gasteiger partial charge >= 0.3 is 0 Å². The van der Waals surface area contributed by atoms with E-state index >= 15 is 0 Å². The van der Waals surface area contributed by atoms with E-state index in [-0.39, 0.29) is 0 Å². The first kappa shape index (κ1) is 11.5. The van der Waals surface area contributed by atoms with Gasteiger partial charge in [-0.2, -0.15) is 0 Å². The number of rotatable bonds is 2. The molecule has 0 aliphatic carbocycles. The van der Waals surface area contributed by atoms with Crippen molar-refractivity contribution in [2.24, 2.45) is 0 Å². The van der Waals surface area contributed by atoms with Crippen molar-refractivity contribution in [3.8, 4) is 0 Å². The molecule has 4 heteroatoms. The van der Waals surface area contributed by atoms with Crippen LogP contribution in [0.3, 0.4) is 0 Å². The number of hydrogen-bond acceptors (Lipinski definition) is 2. The zero-order valence-electron chi connectivity index (χ0n) is 9.34. The Kier molecular flexibility index (Phi) is 3.51. The second-order valence-electron chi connectivity index (χ2n) is 4.24. The summed E-state index contributed by atoms with van der Waals surface area (Å²) in [5.74, 6) is -1.48. The Morgan fingerprint density at radius 1 is 1.44 bits per heavy atom. The van der Waals surface area contributed by atoms with Gasteiger partial charge < -0.3 is 5.32 Å². The van der Waals surface area contributed by atoms with Crippen molar-refractivity contribution < 1.29 is 8.78 Å². The molecule has 1 aromatic carbocycles. The maximum atomic E-state index is 13.5. The largest absolute Gasteiger partial charge is 0.314 e. The normalized spacial score (nSPS) is 22.3. The predicted molar refractivity (Wildman–Crippen MR) is 59.1 cm³/mol. The molecule has 2 rings (SSSR count). The first-order valence-electron chi connectivity index (χ1n) is 5.56. The van der Waals surface area contributed by atoms with Gasteiger partial charge in [-0.15, -0.1) is 0 Å². The molecule has 1 aliphatic rings. The highest BCUT2D eigenvalue weighted by Gasteiger charge is 2.19. The summed E-state index contributed by atoms with van der Waals surface area (Å²) in [7, 11) is 0. The van der Waals surface area contributed by atoms with Crippen molar-refractivity contribution in [1.29, 1.82) is 0 Å². The molecule has 2 nitrogen and oxygen atoms in total. The molecular formula is C12H16F2N2. The zero-order valence-corrected chi connectivity index (χ0v) is 9.34. The molecule has 1 N–H and O–H groups in total. The molecule has 1 aliphatic heterocycles. The van der Waals surface area contributed by atoms with Crippen molar-refractivity contribution in [2.45, 2.75) is 19.5 Å². The van der Waals surface area contributed by atoms with Crippen molar-refractivity contribution in [1.82, 2.24) is 10.2 Å². The molecule has 0 bridgehead atoms. The van der Waals surface area contributed by atoms with E-state index in [4.69, 9.17) is 0 Å². The molecule has 1 heterocycles. The summed E-state index contributed by atoms with van der Waals surface area (Å²) in [5.41, 5.74) is 0.439. The van der Waals surface area contributed by atoms with Crippen molar-refractivity contribution in [2.75, 3.05) is 19.6 Å². The Morgan fingerprint density at radius 2 is 2.25 bits per heavy atom. The quantitative estimate of drug-likeness (QED) is 0.826. The van der Waals surface area contributed by atoms with E-state index in [0.29, 0.717) is 18.2 Å². The SMILES string of the molecule is C[C@@H]1CNCCN1Cc1cccc(F)c1F. The van der Waals surface area contributed by atoms with E-state index in [0.717, 1.165) is 25.7 Å². The van der Waals surface area contributed by atoms with Crippen LogP contribution in [0.15, 0.2) is 18.2 Å². The summed E-state index contributed by atoms with van der Waals surface area (Å²) in [6.07, 6.45) is 0. The molecule has 1 saturated heterocycles. The molecule has 0 unspecified atom stereocenters. The van der Waals surface area contributed by atoms with E-state index in [1.807, 2.05) is 0 Å². The smallest absolute Gasteiger partial charge is 0.163 e. The highest BCUT2D eigenvalue weighted by Crippen LogP contribution is 2.15. The van der Waals surface area contributed by atoms with Gasteiger partial charge in [0.15, 0.2) is 11.6 Å². The standard InChI is InChI=1S/C12H16F2N2/c1-9-7-15-5-6-16(9)8-10-3-2-4-11(13)12(10)14/h2-4,9,15H,5-8H2,1H3/t9-/m1/s1. The Labute approximate surface area is 94.3 Å². The fourth-order valence-corrected chi connectivity index (χ4v) is 2.01. The maximum absolute atomic E-state index is 13.5. The molecule has 0 amide bonds. The van der Waals surface area contributed by atoms with Crippen molar-refractivity contribution in [3.05, 3.63) is 35.4 Å². The van der Waals surface area contributed by atoms with Crippen LogP contribution >= 0.6 is 0 Å². The monoisotopic (exact) mass is 226 g/mol. The summed E-state index contributed by atoms with van der Waals surface area (Å²) in [6, 6.07) is 4.71.